The molecule has 2 aromatic rings. The Morgan fingerprint density at radius 3 is 1.88 bits per heavy atom. The zero-order chi connectivity index (χ0) is 17.4. The van der Waals surface area contributed by atoms with Gasteiger partial charge in [-0.15, -0.1) is 0 Å². The molecule has 0 radical (unpaired) electrons. The van der Waals surface area contributed by atoms with Crippen LogP contribution in [0.4, 0.5) is 8.78 Å². The van der Waals surface area contributed by atoms with Crippen molar-refractivity contribution < 1.29 is 8.78 Å². The monoisotopic (exact) mass is 324 g/mol. The van der Waals surface area contributed by atoms with E-state index in [1.165, 1.54) is 5.56 Å². The predicted molar refractivity (Wildman–Crippen MR) is 96.9 cm³/mol. The Kier molecular flexibility index (Phi) is 6.75. The quantitative estimate of drug-likeness (QED) is 0.555. The molecule has 0 aliphatic heterocycles. The highest BCUT2D eigenvalue weighted by molar-refractivity contribution is 5.62. The first kappa shape index (κ1) is 17.9. The van der Waals surface area contributed by atoms with Gasteiger partial charge in [0.25, 0.3) is 0 Å². The van der Waals surface area contributed by atoms with Crippen molar-refractivity contribution in [2.45, 2.75) is 39.5 Å². The fraction of sp³-hybridized carbons (Fsp3) is 0.273. The van der Waals surface area contributed by atoms with E-state index >= 15 is 0 Å². The molecule has 0 unspecified atom stereocenters. The smallest absolute Gasteiger partial charge is 0.161 e. The highest BCUT2D eigenvalue weighted by atomic mass is 19.2. The molecule has 0 aromatic heterocycles. The second-order valence-corrected chi connectivity index (χ2v) is 5.70. The number of unbranched alkanes of at least 4 members (excludes halogenated alkanes) is 1. The molecule has 0 heterocycles. The minimum atomic E-state index is -0.766. The summed E-state index contributed by atoms with van der Waals surface area (Å²) in [5, 5.41) is 0. The van der Waals surface area contributed by atoms with Crippen LogP contribution >= 0.6 is 0 Å². The molecule has 0 spiro atoms. The van der Waals surface area contributed by atoms with Gasteiger partial charge in [0, 0.05) is 23.1 Å². The van der Waals surface area contributed by atoms with E-state index in [9.17, 15) is 8.78 Å². The normalized spacial score (nSPS) is 11.5. The molecular weight excluding hydrogens is 302 g/mol. The molecular formula is C22H22F2. The van der Waals surface area contributed by atoms with Crippen LogP contribution in [0.25, 0.3) is 5.83 Å². The molecule has 0 saturated heterocycles. The summed E-state index contributed by atoms with van der Waals surface area (Å²) < 4.78 is 27.7. The zero-order valence-corrected chi connectivity index (χ0v) is 14.2. The first-order valence-corrected chi connectivity index (χ1v) is 8.39. The fourth-order valence-corrected chi connectivity index (χ4v) is 2.27. The average Bonchev–Trinajstić information content (AvgIpc) is 2.64. The van der Waals surface area contributed by atoms with Crippen LogP contribution in [-0.4, -0.2) is 0 Å². The number of benzene rings is 2. The van der Waals surface area contributed by atoms with E-state index in [-0.39, 0.29) is 12.0 Å². The van der Waals surface area contributed by atoms with Crippen LogP contribution in [0.5, 0.6) is 0 Å². The second kappa shape index (κ2) is 9.03. The molecule has 0 amide bonds. The van der Waals surface area contributed by atoms with E-state index in [4.69, 9.17) is 0 Å². The summed E-state index contributed by atoms with van der Waals surface area (Å²) >= 11 is 0. The zero-order valence-electron chi connectivity index (χ0n) is 14.2. The van der Waals surface area contributed by atoms with Crippen molar-refractivity contribution in [2.24, 2.45) is 0 Å². The van der Waals surface area contributed by atoms with E-state index in [0.29, 0.717) is 6.42 Å². The average molecular weight is 324 g/mol. The third-order valence-electron chi connectivity index (χ3n) is 3.84. The van der Waals surface area contributed by atoms with Crippen molar-refractivity contribution in [3.63, 3.8) is 0 Å². The summed E-state index contributed by atoms with van der Waals surface area (Å²) in [7, 11) is 0. The lowest BCUT2D eigenvalue weighted by atomic mass is 10.1. The van der Waals surface area contributed by atoms with Crippen molar-refractivity contribution in [1.82, 2.24) is 0 Å². The molecule has 0 aliphatic carbocycles. The van der Waals surface area contributed by atoms with Gasteiger partial charge in [-0.1, -0.05) is 56.4 Å². The van der Waals surface area contributed by atoms with Crippen molar-refractivity contribution in [3.8, 4) is 11.8 Å². The van der Waals surface area contributed by atoms with Crippen molar-refractivity contribution in [1.29, 1.82) is 0 Å². The molecule has 0 aliphatic rings. The molecule has 24 heavy (non-hydrogen) atoms. The predicted octanol–water partition coefficient (Wildman–Crippen LogP) is 6.45. The number of halogens is 2. The van der Waals surface area contributed by atoms with Gasteiger partial charge in [-0.25, -0.2) is 8.78 Å². The molecule has 2 heteroatoms. The summed E-state index contributed by atoms with van der Waals surface area (Å²) in [6.07, 6.45) is 2.65. The Morgan fingerprint density at radius 1 is 0.833 bits per heavy atom. The minimum absolute atomic E-state index is 0.150. The summed E-state index contributed by atoms with van der Waals surface area (Å²) in [4.78, 5) is 0. The second-order valence-electron chi connectivity index (χ2n) is 5.70. The molecule has 2 aromatic carbocycles. The largest absolute Gasteiger partial charge is 0.209 e. The molecule has 2 rings (SSSR count). The standard InChI is InChI=1S/C22H22F2/c1-3-5-6-21(23)22(24)20-15-13-19(14-16-20)12-11-18-9-7-17(4-2)8-10-18/h7-10,13-16H,3-6H2,1-2H3/b22-21-. The van der Waals surface area contributed by atoms with Gasteiger partial charge in [0.2, 0.25) is 0 Å². The van der Waals surface area contributed by atoms with Gasteiger partial charge >= 0.3 is 0 Å². The topological polar surface area (TPSA) is 0 Å². The maximum absolute atomic E-state index is 14.0. The van der Waals surface area contributed by atoms with Crippen LogP contribution in [0.2, 0.25) is 0 Å². The Bertz CT molecular complexity index is 741. The van der Waals surface area contributed by atoms with Gasteiger partial charge in [0.15, 0.2) is 5.83 Å². The molecule has 0 bridgehead atoms. The van der Waals surface area contributed by atoms with Gasteiger partial charge in [-0.3, -0.25) is 0 Å². The van der Waals surface area contributed by atoms with Crippen molar-refractivity contribution >= 4 is 5.83 Å². The molecule has 0 atom stereocenters. The lowest BCUT2D eigenvalue weighted by Crippen LogP contribution is -1.85. The first-order chi connectivity index (χ1) is 11.6. The third-order valence-corrected chi connectivity index (χ3v) is 3.84. The summed E-state index contributed by atoms with van der Waals surface area (Å²) in [6.45, 7) is 4.06. The molecule has 0 fully saturated rings. The maximum atomic E-state index is 14.0. The highest BCUT2D eigenvalue weighted by Crippen LogP contribution is 2.24. The lowest BCUT2D eigenvalue weighted by Gasteiger charge is -2.01. The number of hydrogen-bond acceptors (Lipinski definition) is 0. The molecule has 0 N–H and O–H groups in total. The van der Waals surface area contributed by atoms with E-state index in [0.717, 1.165) is 24.0 Å². The first-order valence-electron chi connectivity index (χ1n) is 8.39. The SMILES string of the molecule is CCCC/C(F)=C(/F)c1ccc(C#Cc2ccc(CC)cc2)cc1. The van der Waals surface area contributed by atoms with Crippen LogP contribution in [0.15, 0.2) is 54.4 Å². The van der Waals surface area contributed by atoms with Crippen LogP contribution in [0.1, 0.15) is 55.4 Å². The van der Waals surface area contributed by atoms with E-state index in [1.54, 1.807) is 24.3 Å². The Labute approximate surface area is 143 Å². The van der Waals surface area contributed by atoms with Crippen molar-refractivity contribution in [3.05, 3.63) is 76.6 Å². The Balaban J connectivity index is 2.11. The van der Waals surface area contributed by atoms with Gasteiger partial charge < -0.3 is 0 Å². The summed E-state index contributed by atoms with van der Waals surface area (Å²) in [6, 6.07) is 14.7. The lowest BCUT2D eigenvalue weighted by molar-refractivity contribution is 0.548. The van der Waals surface area contributed by atoms with Gasteiger partial charge in [-0.2, -0.15) is 0 Å². The number of hydrogen-bond donors (Lipinski definition) is 0. The van der Waals surface area contributed by atoms with E-state index < -0.39 is 11.7 Å². The van der Waals surface area contributed by atoms with E-state index in [2.05, 4.69) is 30.9 Å². The fourth-order valence-electron chi connectivity index (χ4n) is 2.27. The molecule has 124 valence electrons. The van der Waals surface area contributed by atoms with Crippen LogP contribution in [0.3, 0.4) is 0 Å². The van der Waals surface area contributed by atoms with Crippen molar-refractivity contribution in [2.75, 3.05) is 0 Å². The molecule has 0 saturated carbocycles. The third kappa shape index (κ3) is 5.06. The highest BCUT2D eigenvalue weighted by Gasteiger charge is 2.08. The Hall–Kier alpha value is -2.40. The van der Waals surface area contributed by atoms with Crippen LogP contribution in [-0.2, 0) is 6.42 Å². The van der Waals surface area contributed by atoms with Gasteiger partial charge in [0.1, 0.15) is 5.83 Å². The maximum Gasteiger partial charge on any atom is 0.161 e. The van der Waals surface area contributed by atoms with E-state index in [1.807, 2.05) is 19.1 Å². The number of allylic oxidation sites excluding steroid dienone is 1. The van der Waals surface area contributed by atoms with Crippen LogP contribution in [0, 0.1) is 11.8 Å². The summed E-state index contributed by atoms with van der Waals surface area (Å²) in [5.74, 6) is 4.69. The van der Waals surface area contributed by atoms with Gasteiger partial charge in [0.05, 0.1) is 0 Å². The Morgan fingerprint density at radius 2 is 1.38 bits per heavy atom. The number of aryl methyl sites for hydroxylation is 1. The molecule has 0 nitrogen and oxygen atoms in total. The minimum Gasteiger partial charge on any atom is -0.209 e. The van der Waals surface area contributed by atoms with Crippen LogP contribution < -0.4 is 0 Å². The summed E-state index contributed by atoms with van der Waals surface area (Å²) in [5.41, 5.74) is 3.26. The number of rotatable bonds is 5. The van der Waals surface area contributed by atoms with Gasteiger partial charge in [-0.05, 0) is 42.7 Å².